The number of hydrogen-bond donors (Lipinski definition) is 7. The van der Waals surface area contributed by atoms with Gasteiger partial charge in [-0.15, -0.1) is 0 Å². The number of amides is 5. The van der Waals surface area contributed by atoms with Crippen LogP contribution >= 0.6 is 0 Å². The topological polar surface area (TPSA) is 207 Å². The fourth-order valence-corrected chi connectivity index (χ4v) is 4.48. The van der Waals surface area contributed by atoms with E-state index < -0.39 is 59.2 Å². The summed E-state index contributed by atoms with van der Waals surface area (Å²) >= 11 is 0. The van der Waals surface area contributed by atoms with E-state index in [9.17, 15) is 34.2 Å². The number of carbonyl (C=O) groups is 5. The molecule has 1 unspecified atom stereocenters. The van der Waals surface area contributed by atoms with E-state index in [0.717, 1.165) is 4.90 Å². The number of aliphatic hydroxyl groups excluding tert-OH is 1. The summed E-state index contributed by atoms with van der Waals surface area (Å²) in [7, 11) is 0. The van der Waals surface area contributed by atoms with Crippen molar-refractivity contribution in [3.63, 3.8) is 0 Å². The number of rotatable bonds is 11. The van der Waals surface area contributed by atoms with Crippen molar-refractivity contribution in [2.45, 2.75) is 90.6 Å². The average molecular weight is 668 g/mol. The van der Waals surface area contributed by atoms with Crippen LogP contribution in [0.2, 0.25) is 0 Å². The Morgan fingerprint density at radius 3 is 1.88 bits per heavy atom. The molecular formula is C34H45N5O9. The van der Waals surface area contributed by atoms with Gasteiger partial charge in [0.05, 0.1) is 6.10 Å². The lowest BCUT2D eigenvalue weighted by Crippen LogP contribution is -2.55. The molecule has 2 rings (SSSR count). The summed E-state index contributed by atoms with van der Waals surface area (Å²) in [5.74, 6) is 3.84. The molecule has 0 radical (unpaired) electrons. The van der Waals surface area contributed by atoms with Crippen molar-refractivity contribution in [1.82, 2.24) is 21.0 Å². The molecule has 48 heavy (non-hydrogen) atoms. The molecule has 0 aliphatic carbocycles. The number of nitrogens with one attached hydrogen (secondary N) is 4. The van der Waals surface area contributed by atoms with Gasteiger partial charge in [-0.1, -0.05) is 11.8 Å². The third-order valence-electron chi connectivity index (χ3n) is 6.68. The van der Waals surface area contributed by atoms with Crippen molar-refractivity contribution in [2.75, 3.05) is 11.9 Å². The molecular weight excluding hydrogens is 622 g/mol. The van der Waals surface area contributed by atoms with Crippen LogP contribution in [0.5, 0.6) is 0 Å². The van der Waals surface area contributed by atoms with Gasteiger partial charge < -0.3 is 30.9 Å². The normalized spacial score (nSPS) is 13.0. The molecule has 2 aromatic carbocycles. The Hall–Kier alpha value is -5.13. The highest BCUT2D eigenvalue weighted by atomic mass is 16.6. The maximum Gasteiger partial charge on any atom is 0.408 e. The number of anilines is 1. The first kappa shape index (κ1) is 39.1. The van der Waals surface area contributed by atoms with E-state index >= 15 is 0 Å². The highest BCUT2D eigenvalue weighted by molar-refractivity contribution is 5.98. The first-order valence-corrected chi connectivity index (χ1v) is 15.3. The first-order valence-electron chi connectivity index (χ1n) is 15.3. The number of ether oxygens (including phenoxy) is 1. The number of hydrogen-bond acceptors (Lipinski definition) is 8. The van der Waals surface area contributed by atoms with Crippen molar-refractivity contribution in [1.29, 1.82) is 0 Å². The van der Waals surface area contributed by atoms with Crippen LogP contribution < -0.4 is 21.4 Å². The highest BCUT2D eigenvalue weighted by Gasteiger charge is 2.37. The molecule has 0 spiro atoms. The van der Waals surface area contributed by atoms with Gasteiger partial charge in [-0.2, -0.15) is 0 Å². The molecule has 7 N–H and O–H groups in total. The quantitative estimate of drug-likeness (QED) is 0.0810. The van der Waals surface area contributed by atoms with Gasteiger partial charge in [-0.05, 0) is 110 Å². The van der Waals surface area contributed by atoms with Gasteiger partial charge in [-0.3, -0.25) is 24.5 Å². The van der Waals surface area contributed by atoms with E-state index in [1.807, 2.05) is 0 Å². The molecule has 5 amide bonds. The summed E-state index contributed by atoms with van der Waals surface area (Å²) in [4.78, 5) is 62.9. The second-order valence-electron chi connectivity index (χ2n) is 13.0. The van der Waals surface area contributed by atoms with Crippen molar-refractivity contribution in [2.24, 2.45) is 0 Å². The maximum atomic E-state index is 13.4. The number of aliphatic hydroxyl groups is 1. The fourth-order valence-electron chi connectivity index (χ4n) is 4.48. The zero-order valence-corrected chi connectivity index (χ0v) is 28.2. The number of alkyl carbamates (subject to hydrolysis) is 1. The summed E-state index contributed by atoms with van der Waals surface area (Å²) < 4.78 is 5.22. The van der Waals surface area contributed by atoms with Crippen molar-refractivity contribution >= 4 is 35.6 Å². The summed E-state index contributed by atoms with van der Waals surface area (Å²) in [6.45, 7) is 11.8. The third-order valence-corrected chi connectivity index (χ3v) is 6.68. The molecule has 0 saturated carbocycles. The van der Waals surface area contributed by atoms with Gasteiger partial charge in [0.25, 0.3) is 11.8 Å². The molecule has 0 aromatic heterocycles. The Morgan fingerprint density at radius 1 is 0.875 bits per heavy atom. The standard InChI is InChI=1S/C34H45N5O9/c1-21(40)27(30(43)38-47)37-28(41)24-16-12-22(13-17-24)10-11-23-14-18-25(19-15-23)36-29(42)26(39(32(45)46)33(2,3)4)9-8-20-35-31(44)48-34(5,6)7/h12-19,21,26-27,40,47H,8-9,20H2,1-7H3,(H,35,44)(H,36,42)(H,37,41)(H,38,43)(H,45,46)/t21-,26?,27+/m1/s1. The number of nitrogens with zero attached hydrogens (tertiary/aromatic N) is 1. The molecule has 0 aliphatic rings. The predicted molar refractivity (Wildman–Crippen MR) is 177 cm³/mol. The van der Waals surface area contributed by atoms with E-state index in [4.69, 9.17) is 9.94 Å². The van der Waals surface area contributed by atoms with Crippen LogP contribution in [-0.4, -0.2) is 86.1 Å². The van der Waals surface area contributed by atoms with Crippen LogP contribution in [0.15, 0.2) is 48.5 Å². The van der Waals surface area contributed by atoms with Crippen LogP contribution in [-0.2, 0) is 14.3 Å². The van der Waals surface area contributed by atoms with Crippen molar-refractivity contribution < 1.29 is 44.1 Å². The van der Waals surface area contributed by atoms with E-state index in [0.29, 0.717) is 23.2 Å². The SMILES string of the molecule is C[C@@H](O)[C@H](NC(=O)c1ccc(C#Cc2ccc(NC(=O)C(CCCNC(=O)OC(C)(C)C)N(C(=O)O)C(C)(C)C)cc2)cc1)C(=O)NO. The van der Waals surface area contributed by atoms with Gasteiger partial charge in [0, 0.05) is 34.5 Å². The number of hydroxylamine groups is 1. The monoisotopic (exact) mass is 667 g/mol. The van der Waals surface area contributed by atoms with Gasteiger partial charge in [0.1, 0.15) is 17.7 Å². The second-order valence-corrected chi connectivity index (χ2v) is 13.0. The predicted octanol–water partition coefficient (Wildman–Crippen LogP) is 3.46. The molecule has 14 heteroatoms. The van der Waals surface area contributed by atoms with Gasteiger partial charge >= 0.3 is 12.2 Å². The van der Waals surface area contributed by atoms with Gasteiger partial charge in [-0.25, -0.2) is 15.1 Å². The Labute approximate surface area is 280 Å². The van der Waals surface area contributed by atoms with E-state index in [1.54, 1.807) is 77.9 Å². The van der Waals surface area contributed by atoms with Crippen LogP contribution in [0.25, 0.3) is 0 Å². The first-order chi connectivity index (χ1) is 22.3. The smallest absolute Gasteiger partial charge is 0.408 e. The summed E-state index contributed by atoms with van der Waals surface area (Å²) in [6, 6.07) is 10.5. The summed E-state index contributed by atoms with van der Waals surface area (Å²) in [5, 5.41) is 36.2. The Balaban J connectivity index is 2.10. The minimum Gasteiger partial charge on any atom is -0.465 e. The van der Waals surface area contributed by atoms with Crippen LogP contribution in [0, 0.1) is 11.8 Å². The molecule has 0 bridgehead atoms. The molecule has 2 aromatic rings. The second kappa shape index (κ2) is 17.1. The average Bonchev–Trinajstić information content (AvgIpc) is 2.98. The lowest BCUT2D eigenvalue weighted by Gasteiger charge is -2.38. The number of carbonyl (C=O) groups excluding carboxylic acids is 4. The molecule has 0 fully saturated rings. The molecule has 0 heterocycles. The van der Waals surface area contributed by atoms with E-state index in [-0.39, 0.29) is 18.5 Å². The Kier molecular flexibility index (Phi) is 13.9. The number of carboxylic acid groups (broad SMARTS) is 1. The molecule has 14 nitrogen and oxygen atoms in total. The largest absolute Gasteiger partial charge is 0.465 e. The fraction of sp³-hybridized carbons (Fsp3) is 0.441. The lowest BCUT2D eigenvalue weighted by molar-refractivity contribution is -0.133. The Morgan fingerprint density at radius 2 is 1.42 bits per heavy atom. The van der Waals surface area contributed by atoms with Crippen LogP contribution in [0.4, 0.5) is 15.3 Å². The zero-order valence-electron chi connectivity index (χ0n) is 28.2. The Bertz CT molecular complexity index is 1500. The molecule has 0 saturated heterocycles. The number of benzene rings is 2. The van der Waals surface area contributed by atoms with E-state index in [2.05, 4.69) is 27.8 Å². The maximum absolute atomic E-state index is 13.4. The molecule has 0 aliphatic heterocycles. The lowest BCUT2D eigenvalue weighted by atomic mass is 9.99. The molecule has 260 valence electrons. The molecule has 3 atom stereocenters. The van der Waals surface area contributed by atoms with Crippen LogP contribution in [0.1, 0.15) is 82.8 Å². The van der Waals surface area contributed by atoms with E-state index in [1.165, 1.54) is 24.5 Å². The van der Waals surface area contributed by atoms with Gasteiger partial charge in [0.15, 0.2) is 0 Å². The zero-order chi connectivity index (χ0) is 36.2. The van der Waals surface area contributed by atoms with Crippen molar-refractivity contribution in [3.05, 3.63) is 65.2 Å². The third kappa shape index (κ3) is 12.6. The summed E-state index contributed by atoms with van der Waals surface area (Å²) in [6.07, 6.45) is -2.62. The highest BCUT2D eigenvalue weighted by Crippen LogP contribution is 2.22. The van der Waals surface area contributed by atoms with Crippen molar-refractivity contribution in [3.8, 4) is 11.8 Å². The minimum atomic E-state index is -1.34. The summed E-state index contributed by atoms with van der Waals surface area (Å²) in [5.41, 5.74) is 1.70. The minimum absolute atomic E-state index is 0.147. The van der Waals surface area contributed by atoms with Gasteiger partial charge in [0.2, 0.25) is 5.91 Å². The van der Waals surface area contributed by atoms with Crippen LogP contribution in [0.3, 0.4) is 0 Å².